The van der Waals surface area contributed by atoms with Crippen LogP contribution in [-0.2, 0) is 15.0 Å². The van der Waals surface area contributed by atoms with Crippen molar-refractivity contribution in [3.63, 3.8) is 0 Å². The largest absolute Gasteiger partial charge is 0.367 e. The summed E-state index contributed by atoms with van der Waals surface area (Å²) in [5, 5.41) is 11.9. The predicted octanol–water partition coefficient (Wildman–Crippen LogP) is 4.40. The Balaban J connectivity index is 1.30. The number of amides is 2. The summed E-state index contributed by atoms with van der Waals surface area (Å²) in [7, 11) is 0. The van der Waals surface area contributed by atoms with Crippen LogP contribution in [0, 0.1) is 17.1 Å². The molecule has 2 amide bonds. The molecule has 1 spiro atoms. The molecule has 0 bridgehead atoms. The summed E-state index contributed by atoms with van der Waals surface area (Å²) in [5.74, 6) is -1.61. The van der Waals surface area contributed by atoms with Crippen LogP contribution < -0.4 is 15.1 Å². The van der Waals surface area contributed by atoms with Crippen molar-refractivity contribution in [2.75, 3.05) is 29.4 Å². The molecule has 0 radical (unpaired) electrons. The summed E-state index contributed by atoms with van der Waals surface area (Å²) in [6.45, 7) is 1.60. The number of nitriles is 1. The van der Waals surface area contributed by atoms with Gasteiger partial charge in [0.05, 0.1) is 17.3 Å². The number of piperidine rings is 1. The Morgan fingerprint density at radius 2 is 1.91 bits per heavy atom. The maximum absolute atomic E-state index is 14.5. The number of anilines is 2. The molecule has 5 rings (SSSR count). The number of rotatable bonds is 2. The quantitative estimate of drug-likeness (QED) is 0.590. The van der Waals surface area contributed by atoms with Gasteiger partial charge in [-0.3, -0.25) is 9.59 Å². The lowest BCUT2D eigenvalue weighted by molar-refractivity contribution is -0.138. The number of nitrogens with zero attached hydrogens (tertiary/aromatic N) is 3. The second kappa shape index (κ2) is 9.03. The summed E-state index contributed by atoms with van der Waals surface area (Å²) in [6, 6.07) is 12.1. The van der Waals surface area contributed by atoms with Gasteiger partial charge in [-0.1, -0.05) is 34.8 Å². The highest BCUT2D eigenvalue weighted by Gasteiger charge is 2.47. The van der Waals surface area contributed by atoms with E-state index >= 15 is 0 Å². The van der Waals surface area contributed by atoms with E-state index in [2.05, 4.69) is 27.3 Å². The zero-order valence-electron chi connectivity index (χ0n) is 18.8. The fourth-order valence-corrected chi connectivity index (χ4v) is 6.18. The van der Waals surface area contributed by atoms with Gasteiger partial charge in [0.15, 0.2) is 0 Å². The lowest BCUT2D eigenvalue weighted by atomic mass is 9.81. The molecule has 2 fully saturated rings. The molecule has 1 atom stereocenters. The van der Waals surface area contributed by atoms with Crippen molar-refractivity contribution in [2.24, 2.45) is 0 Å². The Bertz CT molecular complexity index is 1190. The molecule has 1 saturated heterocycles. The van der Waals surface area contributed by atoms with E-state index in [0.29, 0.717) is 25.3 Å². The van der Waals surface area contributed by atoms with Gasteiger partial charge in [-0.2, -0.15) is 5.26 Å². The highest BCUT2D eigenvalue weighted by atomic mass is 79.9. The molecule has 2 aromatic rings. The molecule has 176 valence electrons. The van der Waals surface area contributed by atoms with Crippen LogP contribution in [0.3, 0.4) is 0 Å². The minimum Gasteiger partial charge on any atom is -0.367 e. The van der Waals surface area contributed by atoms with Crippen LogP contribution in [0.2, 0.25) is 0 Å². The highest BCUT2D eigenvalue weighted by Crippen LogP contribution is 2.51. The Morgan fingerprint density at radius 1 is 1.12 bits per heavy atom. The van der Waals surface area contributed by atoms with E-state index in [-0.39, 0.29) is 17.0 Å². The van der Waals surface area contributed by atoms with Crippen LogP contribution in [0.1, 0.15) is 49.7 Å². The highest BCUT2D eigenvalue weighted by molar-refractivity contribution is 9.10. The molecule has 3 aliphatic rings. The zero-order chi connectivity index (χ0) is 23.9. The predicted molar refractivity (Wildman–Crippen MR) is 131 cm³/mol. The maximum Gasteiger partial charge on any atom is 0.316 e. The van der Waals surface area contributed by atoms with Crippen molar-refractivity contribution < 1.29 is 14.0 Å². The van der Waals surface area contributed by atoms with E-state index in [4.69, 9.17) is 5.26 Å². The lowest BCUT2D eigenvalue weighted by Crippen LogP contribution is -2.52. The monoisotopic (exact) mass is 524 g/mol. The molecule has 2 heterocycles. The van der Waals surface area contributed by atoms with Gasteiger partial charge < -0.3 is 15.1 Å². The topological polar surface area (TPSA) is 76.4 Å². The first-order chi connectivity index (χ1) is 16.4. The van der Waals surface area contributed by atoms with Crippen LogP contribution in [-0.4, -0.2) is 37.5 Å². The molecule has 2 aromatic carbocycles. The fraction of sp³-hybridized carbons (Fsp3) is 0.423. The third-order valence-electron chi connectivity index (χ3n) is 7.46. The third kappa shape index (κ3) is 4.07. The van der Waals surface area contributed by atoms with Gasteiger partial charge >= 0.3 is 11.8 Å². The summed E-state index contributed by atoms with van der Waals surface area (Å²) >= 11 is 3.51. The van der Waals surface area contributed by atoms with Crippen LogP contribution >= 0.6 is 15.9 Å². The van der Waals surface area contributed by atoms with Crippen LogP contribution in [0.25, 0.3) is 0 Å². The van der Waals surface area contributed by atoms with Gasteiger partial charge in [0.1, 0.15) is 5.82 Å². The van der Waals surface area contributed by atoms with Gasteiger partial charge in [-0.15, -0.1) is 0 Å². The minimum absolute atomic E-state index is 0.0548. The molecule has 34 heavy (non-hydrogen) atoms. The Morgan fingerprint density at radius 3 is 2.65 bits per heavy atom. The SMILES string of the molecule is N#Cc1ccc(N2CCCC(NC(=O)C(=O)N3CC4(CCCC4)c4ccc(Br)cc43)C2)c(F)c1. The Hall–Kier alpha value is -2.92. The summed E-state index contributed by atoms with van der Waals surface area (Å²) < 4.78 is 15.4. The van der Waals surface area contributed by atoms with Gasteiger partial charge in [-0.25, -0.2) is 4.39 Å². The molecule has 2 aliphatic heterocycles. The van der Waals surface area contributed by atoms with Crippen molar-refractivity contribution in [2.45, 2.75) is 50.0 Å². The molecule has 1 saturated carbocycles. The van der Waals surface area contributed by atoms with E-state index in [1.54, 1.807) is 17.0 Å². The second-order valence-electron chi connectivity index (χ2n) is 9.58. The molecule has 8 heteroatoms. The Labute approximate surface area is 206 Å². The maximum atomic E-state index is 14.5. The number of benzene rings is 2. The van der Waals surface area contributed by atoms with E-state index in [1.807, 2.05) is 23.1 Å². The zero-order valence-corrected chi connectivity index (χ0v) is 20.4. The molecule has 6 nitrogen and oxygen atoms in total. The minimum atomic E-state index is -0.617. The van der Waals surface area contributed by atoms with Crippen molar-refractivity contribution >= 4 is 39.1 Å². The average Bonchev–Trinajstić information content (AvgIpc) is 3.43. The van der Waals surface area contributed by atoms with Crippen molar-refractivity contribution in [3.05, 3.63) is 57.8 Å². The van der Waals surface area contributed by atoms with Crippen molar-refractivity contribution in [1.29, 1.82) is 5.26 Å². The van der Waals surface area contributed by atoms with Crippen molar-refractivity contribution in [3.8, 4) is 6.07 Å². The van der Waals surface area contributed by atoms with Gasteiger partial charge in [0, 0.05) is 41.3 Å². The number of hydrogen-bond donors (Lipinski definition) is 1. The smallest absolute Gasteiger partial charge is 0.316 e. The first kappa shape index (κ1) is 22.9. The van der Waals surface area contributed by atoms with E-state index < -0.39 is 17.6 Å². The number of carbonyl (C=O) groups excluding carboxylic acids is 2. The molecule has 1 N–H and O–H groups in total. The summed E-state index contributed by atoms with van der Waals surface area (Å²) in [4.78, 5) is 29.9. The normalized spacial score (nSPS) is 20.8. The number of fused-ring (bicyclic) bond motifs is 2. The molecule has 0 aromatic heterocycles. The van der Waals surface area contributed by atoms with Gasteiger partial charge in [0.25, 0.3) is 0 Å². The van der Waals surface area contributed by atoms with Gasteiger partial charge in [-0.05, 0) is 61.6 Å². The molecule has 1 unspecified atom stereocenters. The van der Waals surface area contributed by atoms with Crippen molar-refractivity contribution in [1.82, 2.24) is 5.32 Å². The van der Waals surface area contributed by atoms with E-state index in [1.165, 1.54) is 6.07 Å². The lowest BCUT2D eigenvalue weighted by Gasteiger charge is -2.35. The number of carbonyl (C=O) groups is 2. The fourth-order valence-electron chi connectivity index (χ4n) is 5.83. The number of nitrogens with one attached hydrogen (secondary N) is 1. The number of hydrogen-bond acceptors (Lipinski definition) is 4. The standard InChI is InChI=1S/C26H26BrFN4O2/c27-18-6-7-20-23(13-18)32(16-26(20)9-1-2-10-26)25(34)24(33)30-19-4-3-11-31(15-19)22-8-5-17(14-29)12-21(22)28/h5-8,12-13,19H,1-4,9-11,15-16H2,(H,30,33). The number of halogens is 2. The Kier molecular flexibility index (Phi) is 6.07. The van der Waals surface area contributed by atoms with Crippen LogP contribution in [0.4, 0.5) is 15.8 Å². The second-order valence-corrected chi connectivity index (χ2v) is 10.5. The molecule has 1 aliphatic carbocycles. The first-order valence-electron chi connectivity index (χ1n) is 11.8. The summed E-state index contributed by atoms with van der Waals surface area (Å²) in [5.41, 5.74) is 2.61. The van der Waals surface area contributed by atoms with Crippen LogP contribution in [0.15, 0.2) is 40.9 Å². The van der Waals surface area contributed by atoms with Gasteiger partial charge in [0.2, 0.25) is 0 Å². The molecular weight excluding hydrogens is 499 g/mol. The average molecular weight is 525 g/mol. The first-order valence-corrected chi connectivity index (χ1v) is 12.6. The van der Waals surface area contributed by atoms with E-state index in [9.17, 15) is 14.0 Å². The van der Waals surface area contributed by atoms with E-state index in [0.717, 1.165) is 54.2 Å². The summed E-state index contributed by atoms with van der Waals surface area (Å²) in [6.07, 6.45) is 5.81. The molecular formula is C26H26BrFN4O2. The third-order valence-corrected chi connectivity index (χ3v) is 7.95. The van der Waals surface area contributed by atoms with Crippen LogP contribution in [0.5, 0.6) is 0 Å².